The number of benzene rings is 1. The zero-order valence-corrected chi connectivity index (χ0v) is 43.2. The highest BCUT2D eigenvalue weighted by Gasteiger charge is 2.38. The minimum absolute atomic E-state index is 0.0129. The fraction of sp³-hybridized carbons (Fsp3) is 0.540. The molecule has 0 aliphatic carbocycles. The fourth-order valence-corrected chi connectivity index (χ4v) is 7.59. The summed E-state index contributed by atoms with van der Waals surface area (Å²) < 4.78 is 5.67. The molecule has 24 nitrogen and oxygen atoms in total. The van der Waals surface area contributed by atoms with Gasteiger partial charge in [0, 0.05) is 39.3 Å². The molecule has 0 bridgehead atoms. The van der Waals surface area contributed by atoms with Gasteiger partial charge in [-0.05, 0) is 44.1 Å². The molecule has 0 unspecified atom stereocenters. The summed E-state index contributed by atoms with van der Waals surface area (Å²) in [6.07, 6.45) is 3.44. The summed E-state index contributed by atoms with van der Waals surface area (Å²) in [4.78, 5) is 138. The van der Waals surface area contributed by atoms with Crippen molar-refractivity contribution >= 4 is 65.2 Å². The Bertz CT molecular complexity index is 2280. The third-order valence-corrected chi connectivity index (χ3v) is 12.0. The van der Waals surface area contributed by atoms with E-state index in [1.54, 1.807) is 26.8 Å². The maximum atomic E-state index is 14.4. The van der Waals surface area contributed by atoms with Crippen LogP contribution in [0.25, 0.3) is 0 Å². The first kappa shape index (κ1) is 62.5. The summed E-state index contributed by atoms with van der Waals surface area (Å²) in [5.41, 5.74) is 12.0. The molecular formula is C50H74N10O14. The molecule has 0 aromatic heterocycles. The van der Waals surface area contributed by atoms with Crippen LogP contribution in [0.4, 0.5) is 0 Å². The Morgan fingerprint density at radius 3 is 1.99 bits per heavy atom. The van der Waals surface area contributed by atoms with Crippen LogP contribution in [0, 0.1) is 23.7 Å². The highest BCUT2D eigenvalue weighted by molar-refractivity contribution is 6.00. The smallest absolute Gasteiger partial charge is 0.327 e. The maximum Gasteiger partial charge on any atom is 0.327 e. The number of aliphatic carboxylic acids is 2. The largest absolute Gasteiger partial charge is 0.480 e. The van der Waals surface area contributed by atoms with Gasteiger partial charge in [-0.2, -0.15) is 0 Å². The van der Waals surface area contributed by atoms with Crippen LogP contribution < -0.4 is 43.4 Å². The number of carboxylic acids is 2. The third-order valence-electron chi connectivity index (χ3n) is 12.0. The number of aliphatic hydroxyl groups is 1. The molecule has 2 rings (SSSR count). The number of carbonyl (C=O) groups excluding carboxylic acids is 8. The average Bonchev–Trinajstić information content (AvgIpc) is 3.33. The second kappa shape index (κ2) is 30.4. The molecule has 10 atom stereocenters. The van der Waals surface area contributed by atoms with Crippen molar-refractivity contribution in [3.05, 3.63) is 72.0 Å². The lowest BCUT2D eigenvalue weighted by atomic mass is 9.94. The molecule has 7 amide bonds. The zero-order chi connectivity index (χ0) is 56.0. The normalized spacial score (nSPS) is 24.7. The number of nitrogens with one attached hydrogen (secondary N) is 6. The number of aliphatic imine (C=N–C) groups is 1. The van der Waals surface area contributed by atoms with Gasteiger partial charge in [0.2, 0.25) is 35.4 Å². The van der Waals surface area contributed by atoms with Gasteiger partial charge in [-0.25, -0.2) is 9.59 Å². The van der Waals surface area contributed by atoms with Crippen molar-refractivity contribution in [3.63, 3.8) is 0 Å². The van der Waals surface area contributed by atoms with E-state index in [4.69, 9.17) is 16.2 Å². The number of hydrogen-bond donors (Lipinski definition) is 11. The van der Waals surface area contributed by atoms with Gasteiger partial charge < -0.3 is 68.3 Å². The molecule has 1 heterocycles. The number of carbonyl (C=O) groups is 10. The van der Waals surface area contributed by atoms with Gasteiger partial charge in [0.1, 0.15) is 42.0 Å². The number of guanidine groups is 1. The lowest BCUT2D eigenvalue weighted by molar-refractivity contribution is -0.148. The van der Waals surface area contributed by atoms with Crippen LogP contribution >= 0.6 is 0 Å². The van der Waals surface area contributed by atoms with Crippen LogP contribution in [-0.4, -0.2) is 148 Å². The van der Waals surface area contributed by atoms with Gasteiger partial charge in [0.05, 0.1) is 24.5 Å². The molecule has 74 heavy (non-hydrogen) atoms. The van der Waals surface area contributed by atoms with Crippen LogP contribution in [0.3, 0.4) is 0 Å². The van der Waals surface area contributed by atoms with Crippen molar-refractivity contribution in [2.45, 2.75) is 129 Å². The number of carboxylic acid groups (broad SMARTS) is 2. The van der Waals surface area contributed by atoms with Gasteiger partial charge in [-0.15, -0.1) is 0 Å². The summed E-state index contributed by atoms with van der Waals surface area (Å²) in [5, 5.41) is 45.2. The van der Waals surface area contributed by atoms with Gasteiger partial charge in [0.25, 0.3) is 5.91 Å². The highest BCUT2D eigenvalue weighted by atomic mass is 16.5. The van der Waals surface area contributed by atoms with Gasteiger partial charge in [0.15, 0.2) is 5.96 Å². The first-order valence-corrected chi connectivity index (χ1v) is 24.1. The van der Waals surface area contributed by atoms with E-state index in [2.05, 4.69) is 43.5 Å². The number of aliphatic hydroxyl groups excluding tert-OH is 1. The average molecular weight is 1040 g/mol. The maximum absolute atomic E-state index is 14.4. The van der Waals surface area contributed by atoms with E-state index in [0.717, 1.165) is 17.5 Å². The number of likely N-dealkylation sites (N-methyl/N-ethyl adjacent to an activating group) is 1. The Kier molecular flexibility index (Phi) is 25.7. The summed E-state index contributed by atoms with van der Waals surface area (Å²) >= 11 is 0. The fourth-order valence-electron chi connectivity index (χ4n) is 7.59. The van der Waals surface area contributed by atoms with E-state index in [0.29, 0.717) is 12.0 Å². The lowest BCUT2D eigenvalue weighted by Gasteiger charge is -2.28. The lowest BCUT2D eigenvalue weighted by Crippen LogP contribution is -2.59. The van der Waals surface area contributed by atoms with E-state index in [9.17, 15) is 63.3 Å². The molecule has 1 aliphatic rings. The molecule has 1 aliphatic heterocycles. The predicted octanol–water partition coefficient (Wildman–Crippen LogP) is -0.493. The third kappa shape index (κ3) is 20.8. The van der Waals surface area contributed by atoms with Crippen molar-refractivity contribution in [2.75, 3.05) is 20.2 Å². The van der Waals surface area contributed by atoms with Gasteiger partial charge in [-0.3, -0.25) is 43.3 Å². The number of ether oxygens (including phenoxy) is 1. The van der Waals surface area contributed by atoms with Crippen LogP contribution in [-0.2, 0) is 59.1 Å². The van der Waals surface area contributed by atoms with Gasteiger partial charge in [-0.1, -0.05) is 95.3 Å². The molecule has 0 saturated carbocycles. The number of nitrogens with zero attached hydrogens (tertiary/aromatic N) is 2. The minimum Gasteiger partial charge on any atom is -0.480 e. The molecule has 1 saturated heterocycles. The van der Waals surface area contributed by atoms with Crippen molar-refractivity contribution in [1.29, 1.82) is 0 Å². The molecular weight excluding hydrogens is 965 g/mol. The van der Waals surface area contributed by atoms with E-state index in [1.165, 1.54) is 26.8 Å². The summed E-state index contributed by atoms with van der Waals surface area (Å²) in [5.74, 6) is -14.4. The van der Waals surface area contributed by atoms with Crippen molar-refractivity contribution in [2.24, 2.45) is 40.1 Å². The summed E-state index contributed by atoms with van der Waals surface area (Å²) in [7, 11) is 1.15. The molecule has 1 aromatic rings. The van der Waals surface area contributed by atoms with Crippen LogP contribution in [0.1, 0.15) is 86.1 Å². The van der Waals surface area contributed by atoms with Crippen LogP contribution in [0.2, 0.25) is 0 Å². The molecule has 0 radical (unpaired) electrons. The Morgan fingerprint density at radius 1 is 0.824 bits per heavy atom. The zero-order valence-electron chi connectivity index (χ0n) is 43.2. The molecule has 0 spiro atoms. The second-order valence-electron chi connectivity index (χ2n) is 18.6. The van der Waals surface area contributed by atoms with E-state index in [1.807, 2.05) is 43.3 Å². The van der Waals surface area contributed by atoms with Crippen molar-refractivity contribution < 1.29 is 68.0 Å². The van der Waals surface area contributed by atoms with Crippen molar-refractivity contribution in [3.8, 4) is 0 Å². The molecule has 24 heteroatoms. The predicted molar refractivity (Wildman–Crippen MR) is 271 cm³/mol. The molecule has 1 aromatic carbocycles. The van der Waals surface area contributed by atoms with E-state index >= 15 is 0 Å². The minimum atomic E-state index is -1.95. The first-order valence-electron chi connectivity index (χ1n) is 24.1. The standard InChI is InChI=1S/C50H74N10O14/c1-26(2)22-37-46(68)59-41(49(72)73)30(6)43(65)55-35(16-13-21-53-50(51)52)45(67)54-34(18-17-27(3)23-28(4)39(74-32(8)62)24-33-14-11-10-12-15-33)29(5)42(64)56-36(48(70)71)19-20-40(63)60(9)31(7)44(66)58-38(25-61)47(69)57-37/h10-12,14-15,17-18,23,26,28-30,34-39,41,61H,7,13,16,19-22,24-25H2,1-6,8-9H3,(H,54,67)(H,55,65)(H,56,64)(H,57,69)(H,58,66)(H,59,68)(H,70,71)(H,72,73)(H4,51,52,53)/b18-17+,27-23+/t28-,29-,30-,34-,35-,36+,37-,38+,39-,41+/m0/s1. The highest BCUT2D eigenvalue weighted by Crippen LogP contribution is 2.20. The summed E-state index contributed by atoms with van der Waals surface area (Å²) in [6.45, 7) is 13.4. The quantitative estimate of drug-likeness (QED) is 0.0248. The van der Waals surface area contributed by atoms with E-state index in [-0.39, 0.29) is 43.6 Å². The number of rotatable bonds is 16. The van der Waals surface area contributed by atoms with Crippen LogP contribution in [0.15, 0.2) is 71.4 Å². The first-order chi connectivity index (χ1) is 34.7. The monoisotopic (exact) mass is 1040 g/mol. The van der Waals surface area contributed by atoms with E-state index < -0.39 is 139 Å². The topological polar surface area (TPSA) is 380 Å². The summed E-state index contributed by atoms with van der Waals surface area (Å²) in [6, 6.07) is -0.217. The Labute approximate surface area is 430 Å². The molecule has 13 N–H and O–H groups in total. The van der Waals surface area contributed by atoms with Gasteiger partial charge >= 0.3 is 17.9 Å². The number of esters is 1. The second-order valence-corrected chi connectivity index (χ2v) is 18.6. The number of amides is 7. The van der Waals surface area contributed by atoms with Crippen molar-refractivity contribution in [1.82, 2.24) is 36.8 Å². The Hall–Kier alpha value is -7.63. The number of allylic oxidation sites excluding steroid dienone is 2. The Morgan fingerprint density at radius 2 is 1.42 bits per heavy atom. The number of hydrogen-bond acceptors (Lipinski definition) is 13. The molecule has 408 valence electrons. The van der Waals surface area contributed by atoms with Crippen LogP contribution in [0.5, 0.6) is 0 Å². The molecule has 1 fully saturated rings. The Balaban J connectivity index is 2.78. The SMILES string of the molecule is C=C1C(=O)N[C@H](CO)C(=O)N[C@@H](CC(C)C)C(=O)N[C@@H](C(=O)O)[C@H](C)C(=O)N[C@@H](CCCN=C(N)N)C(=O)N[C@@H](/C=C/C(C)=C/[C@H](C)[C@H](Cc2ccccc2)OC(C)=O)[C@H](C)C(=O)N[C@@H](C(=O)O)CCC(=O)N1C. The number of nitrogens with two attached hydrogens (primary N) is 2.